The van der Waals surface area contributed by atoms with Crippen LogP contribution in [0.15, 0.2) is 36.4 Å². The molecular formula is C21H30N2O3. The van der Waals surface area contributed by atoms with Crippen LogP contribution in [0.1, 0.15) is 47.9 Å². The second kappa shape index (κ2) is 9.01. The quantitative estimate of drug-likeness (QED) is 0.640. The van der Waals surface area contributed by atoms with Crippen molar-refractivity contribution in [1.29, 1.82) is 0 Å². The van der Waals surface area contributed by atoms with Crippen LogP contribution in [0.4, 0.5) is 0 Å². The Morgan fingerprint density at radius 2 is 1.88 bits per heavy atom. The zero-order chi connectivity index (χ0) is 19.2. The molecule has 5 heteroatoms. The van der Waals surface area contributed by atoms with E-state index in [4.69, 9.17) is 10.5 Å². The Kier molecular flexibility index (Phi) is 7.00. The normalized spacial score (nSPS) is 13.4. The Labute approximate surface area is 155 Å². The van der Waals surface area contributed by atoms with Crippen LogP contribution < -0.4 is 10.5 Å². The van der Waals surface area contributed by atoms with Crippen molar-refractivity contribution in [1.82, 2.24) is 4.57 Å². The first kappa shape index (κ1) is 20.2. The van der Waals surface area contributed by atoms with Gasteiger partial charge in [0.05, 0.1) is 19.4 Å². The van der Waals surface area contributed by atoms with E-state index in [0.29, 0.717) is 12.8 Å². The van der Waals surface area contributed by atoms with E-state index in [2.05, 4.69) is 0 Å². The molecule has 0 aliphatic heterocycles. The summed E-state index contributed by atoms with van der Waals surface area (Å²) in [6, 6.07) is 11.8. The lowest BCUT2D eigenvalue weighted by atomic mass is 9.97. The number of carbonyl (C=O) groups is 1. The molecule has 1 unspecified atom stereocenters. The van der Waals surface area contributed by atoms with Crippen LogP contribution in [0.3, 0.4) is 0 Å². The van der Waals surface area contributed by atoms with Crippen molar-refractivity contribution in [3.63, 3.8) is 0 Å². The highest BCUT2D eigenvalue weighted by atomic mass is 16.5. The maximum Gasteiger partial charge on any atom is 0.179 e. The molecule has 1 aromatic carbocycles. The summed E-state index contributed by atoms with van der Waals surface area (Å²) in [5.74, 6) is 1.00. The van der Waals surface area contributed by atoms with Crippen molar-refractivity contribution in [2.45, 2.75) is 44.6 Å². The molecular weight excluding hydrogens is 328 g/mol. The van der Waals surface area contributed by atoms with Crippen molar-refractivity contribution in [2.75, 3.05) is 13.7 Å². The second-order valence-electron chi connectivity index (χ2n) is 7.21. The molecule has 2 rings (SSSR count). The number of aliphatic hydroxyl groups is 1. The SMILES string of the molecule is COc1ccc(CCCC(=O)c2ccc(CCC(C)(N)CO)n2C)cc1. The fourth-order valence-corrected chi connectivity index (χ4v) is 2.95. The van der Waals surface area contributed by atoms with Crippen LogP contribution in [-0.4, -0.2) is 34.7 Å². The summed E-state index contributed by atoms with van der Waals surface area (Å²) in [7, 11) is 3.57. The number of hydrogen-bond acceptors (Lipinski definition) is 4. The van der Waals surface area contributed by atoms with Crippen LogP contribution in [0.25, 0.3) is 0 Å². The van der Waals surface area contributed by atoms with Crippen molar-refractivity contribution < 1.29 is 14.6 Å². The van der Waals surface area contributed by atoms with Crippen molar-refractivity contribution in [3.05, 3.63) is 53.3 Å². The molecule has 1 aromatic heterocycles. The molecule has 0 aliphatic carbocycles. The zero-order valence-electron chi connectivity index (χ0n) is 16.0. The van der Waals surface area contributed by atoms with E-state index in [1.165, 1.54) is 5.56 Å². The van der Waals surface area contributed by atoms with Crippen LogP contribution in [0, 0.1) is 0 Å². The molecule has 0 radical (unpaired) electrons. The van der Waals surface area contributed by atoms with E-state index < -0.39 is 5.54 Å². The Morgan fingerprint density at radius 3 is 2.50 bits per heavy atom. The maximum absolute atomic E-state index is 12.5. The Balaban J connectivity index is 1.87. The van der Waals surface area contributed by atoms with E-state index in [9.17, 15) is 9.90 Å². The number of aliphatic hydroxyl groups excluding tert-OH is 1. The topological polar surface area (TPSA) is 77.5 Å². The fourth-order valence-electron chi connectivity index (χ4n) is 2.95. The van der Waals surface area contributed by atoms with Gasteiger partial charge in [-0.25, -0.2) is 0 Å². The second-order valence-corrected chi connectivity index (χ2v) is 7.21. The van der Waals surface area contributed by atoms with Crippen LogP contribution in [0.2, 0.25) is 0 Å². The number of aromatic nitrogens is 1. The number of ether oxygens (including phenoxy) is 1. The van der Waals surface area contributed by atoms with Crippen LogP contribution >= 0.6 is 0 Å². The maximum atomic E-state index is 12.5. The van der Waals surface area contributed by atoms with Gasteiger partial charge >= 0.3 is 0 Å². The third kappa shape index (κ3) is 5.44. The van der Waals surface area contributed by atoms with E-state index >= 15 is 0 Å². The van der Waals surface area contributed by atoms with Gasteiger partial charge in [-0.15, -0.1) is 0 Å². The number of nitrogens with zero attached hydrogens (tertiary/aromatic N) is 1. The number of aryl methyl sites for hydroxylation is 2. The Hall–Kier alpha value is -2.11. The molecule has 2 aromatic rings. The number of hydrogen-bond donors (Lipinski definition) is 2. The molecule has 142 valence electrons. The minimum absolute atomic E-state index is 0.0471. The predicted molar refractivity (Wildman–Crippen MR) is 104 cm³/mol. The summed E-state index contributed by atoms with van der Waals surface area (Å²) < 4.78 is 7.10. The highest BCUT2D eigenvalue weighted by Gasteiger charge is 2.19. The molecule has 0 fully saturated rings. The summed E-state index contributed by atoms with van der Waals surface area (Å²) in [5, 5.41) is 9.26. The van der Waals surface area contributed by atoms with Gasteiger partial charge in [0.2, 0.25) is 0 Å². The summed E-state index contributed by atoms with van der Waals surface area (Å²) in [4.78, 5) is 12.5. The third-order valence-electron chi connectivity index (χ3n) is 4.85. The molecule has 0 saturated carbocycles. The first-order valence-corrected chi connectivity index (χ1v) is 9.07. The number of methoxy groups -OCH3 is 1. The lowest BCUT2D eigenvalue weighted by Gasteiger charge is -2.21. The molecule has 26 heavy (non-hydrogen) atoms. The lowest BCUT2D eigenvalue weighted by molar-refractivity contribution is 0.0972. The average Bonchev–Trinajstić information content (AvgIpc) is 3.01. The summed E-state index contributed by atoms with van der Waals surface area (Å²) >= 11 is 0. The smallest absolute Gasteiger partial charge is 0.179 e. The molecule has 0 bridgehead atoms. The van der Waals surface area contributed by atoms with Gasteiger partial charge in [0.1, 0.15) is 5.75 Å². The summed E-state index contributed by atoms with van der Waals surface area (Å²) in [5.41, 5.74) is 8.40. The minimum Gasteiger partial charge on any atom is -0.497 e. The number of benzene rings is 1. The zero-order valence-corrected chi connectivity index (χ0v) is 16.0. The fraction of sp³-hybridized carbons (Fsp3) is 0.476. The Morgan fingerprint density at radius 1 is 1.19 bits per heavy atom. The largest absolute Gasteiger partial charge is 0.497 e. The molecule has 1 atom stereocenters. The number of Topliss-reactive ketones (excluding diaryl/α,β-unsaturated/α-hetero) is 1. The molecule has 1 heterocycles. The summed E-state index contributed by atoms with van der Waals surface area (Å²) in [6.45, 7) is 1.79. The van der Waals surface area contributed by atoms with E-state index in [1.54, 1.807) is 7.11 Å². The van der Waals surface area contributed by atoms with E-state index in [1.807, 2.05) is 54.9 Å². The van der Waals surface area contributed by atoms with Gasteiger partial charge in [0, 0.05) is 24.7 Å². The standard InChI is InChI=1S/C21H30N2O3/c1-21(22,15-24)14-13-17-9-12-19(23(17)2)20(25)6-4-5-16-7-10-18(26-3)11-8-16/h7-12,24H,4-6,13-15,22H2,1-3H3. The van der Waals surface area contributed by atoms with Crippen molar-refractivity contribution in [2.24, 2.45) is 12.8 Å². The van der Waals surface area contributed by atoms with Gasteiger partial charge in [-0.1, -0.05) is 12.1 Å². The lowest BCUT2D eigenvalue weighted by Crippen LogP contribution is -2.40. The van der Waals surface area contributed by atoms with Gasteiger partial charge in [-0.2, -0.15) is 0 Å². The third-order valence-corrected chi connectivity index (χ3v) is 4.85. The van der Waals surface area contributed by atoms with Crippen molar-refractivity contribution in [3.8, 4) is 5.75 Å². The molecule has 0 amide bonds. The van der Waals surface area contributed by atoms with Crippen LogP contribution in [0.5, 0.6) is 5.75 Å². The number of ketones is 1. The average molecular weight is 358 g/mol. The van der Waals surface area contributed by atoms with Crippen LogP contribution in [-0.2, 0) is 19.9 Å². The molecule has 0 saturated heterocycles. The van der Waals surface area contributed by atoms with Gasteiger partial charge in [-0.3, -0.25) is 4.79 Å². The number of carbonyl (C=O) groups excluding carboxylic acids is 1. The first-order chi connectivity index (χ1) is 12.4. The van der Waals surface area contributed by atoms with Gasteiger partial charge in [-0.05, 0) is 62.4 Å². The molecule has 5 nitrogen and oxygen atoms in total. The van der Waals surface area contributed by atoms with Gasteiger partial charge in [0.25, 0.3) is 0 Å². The van der Waals surface area contributed by atoms with Gasteiger partial charge < -0.3 is 20.1 Å². The van der Waals surface area contributed by atoms with E-state index in [-0.39, 0.29) is 12.4 Å². The predicted octanol–water partition coefficient (Wildman–Crippen LogP) is 2.88. The van der Waals surface area contributed by atoms with Gasteiger partial charge in [0.15, 0.2) is 5.78 Å². The molecule has 3 N–H and O–H groups in total. The number of rotatable bonds is 10. The highest BCUT2D eigenvalue weighted by Crippen LogP contribution is 2.17. The Bertz CT molecular complexity index is 717. The summed E-state index contributed by atoms with van der Waals surface area (Å²) in [6.07, 6.45) is 3.62. The monoisotopic (exact) mass is 358 g/mol. The van der Waals surface area contributed by atoms with E-state index in [0.717, 1.165) is 36.4 Å². The first-order valence-electron chi connectivity index (χ1n) is 9.07. The minimum atomic E-state index is -0.590. The molecule has 0 spiro atoms. The van der Waals surface area contributed by atoms with Crippen molar-refractivity contribution >= 4 is 5.78 Å². The number of nitrogens with two attached hydrogens (primary N) is 1. The highest BCUT2D eigenvalue weighted by molar-refractivity contribution is 5.94. The molecule has 0 aliphatic rings.